The fraction of sp³-hybridized carbons (Fsp3) is 0.120. The van der Waals surface area contributed by atoms with E-state index in [1.165, 1.54) is 4.90 Å². The van der Waals surface area contributed by atoms with Gasteiger partial charge in [0.2, 0.25) is 0 Å². The number of benzene rings is 3. The molecule has 0 radical (unpaired) electrons. The molecule has 4 rings (SSSR count). The van der Waals surface area contributed by atoms with Gasteiger partial charge in [-0.25, -0.2) is 0 Å². The van der Waals surface area contributed by atoms with Crippen molar-refractivity contribution in [3.8, 4) is 5.75 Å². The van der Waals surface area contributed by atoms with Crippen molar-refractivity contribution in [2.24, 2.45) is 0 Å². The number of rotatable bonds is 7. The van der Waals surface area contributed by atoms with E-state index >= 15 is 0 Å². The molecular weight excluding hydrogens is 412 g/mol. The molecule has 1 aliphatic heterocycles. The Morgan fingerprint density at radius 3 is 2.29 bits per heavy atom. The average molecular weight is 433 g/mol. The Morgan fingerprint density at radius 1 is 0.871 bits per heavy atom. The molecule has 1 heterocycles. The van der Waals surface area contributed by atoms with Gasteiger partial charge in [0.25, 0.3) is 11.8 Å². The molecule has 156 valence electrons. The molecule has 1 aliphatic rings. The number of halogens is 1. The molecule has 0 unspecified atom stereocenters. The van der Waals surface area contributed by atoms with Crippen LogP contribution in [-0.2, 0) is 16.1 Å². The Hall–Kier alpha value is -3.57. The van der Waals surface area contributed by atoms with Crippen LogP contribution >= 0.6 is 11.6 Å². The van der Waals surface area contributed by atoms with Crippen LogP contribution in [0.3, 0.4) is 0 Å². The summed E-state index contributed by atoms with van der Waals surface area (Å²) < 4.78 is 5.68. The lowest BCUT2D eigenvalue weighted by molar-refractivity contribution is -0.137. The van der Waals surface area contributed by atoms with Crippen LogP contribution in [0, 0.1) is 0 Å². The van der Waals surface area contributed by atoms with Gasteiger partial charge in [-0.1, -0.05) is 72.3 Å². The SMILES string of the molecule is CCOc1ccccc1NC1=C(c2ccccc2)C(=O)N(Cc2ccccc2Cl)C1=O. The lowest BCUT2D eigenvalue weighted by Gasteiger charge is -2.17. The maximum absolute atomic E-state index is 13.4. The van der Waals surface area contributed by atoms with Crippen molar-refractivity contribution in [1.29, 1.82) is 0 Å². The van der Waals surface area contributed by atoms with E-state index in [0.717, 1.165) is 0 Å². The van der Waals surface area contributed by atoms with Gasteiger partial charge in [-0.05, 0) is 36.2 Å². The minimum absolute atomic E-state index is 0.0892. The van der Waals surface area contributed by atoms with Crippen molar-refractivity contribution in [3.05, 3.63) is 101 Å². The summed E-state index contributed by atoms with van der Waals surface area (Å²) in [6.07, 6.45) is 0. The minimum Gasteiger partial charge on any atom is -0.492 e. The monoisotopic (exact) mass is 432 g/mol. The minimum atomic E-state index is -0.407. The number of ether oxygens (including phenoxy) is 1. The molecule has 0 aliphatic carbocycles. The summed E-state index contributed by atoms with van der Waals surface area (Å²) in [7, 11) is 0. The van der Waals surface area contributed by atoms with Crippen LogP contribution < -0.4 is 10.1 Å². The first-order chi connectivity index (χ1) is 15.1. The molecule has 0 bridgehead atoms. The third kappa shape index (κ3) is 4.18. The lowest BCUT2D eigenvalue weighted by atomic mass is 10.0. The number of hydrogen-bond donors (Lipinski definition) is 1. The Kier molecular flexibility index (Phi) is 6.05. The molecule has 0 atom stereocenters. The van der Waals surface area contributed by atoms with Gasteiger partial charge in [-0.15, -0.1) is 0 Å². The Bertz CT molecular complexity index is 1160. The lowest BCUT2D eigenvalue weighted by Crippen LogP contribution is -2.32. The molecule has 0 aromatic heterocycles. The molecule has 0 spiro atoms. The van der Waals surface area contributed by atoms with Crippen LogP contribution in [0.4, 0.5) is 5.69 Å². The molecule has 3 aromatic rings. The second kappa shape index (κ2) is 9.06. The first-order valence-corrected chi connectivity index (χ1v) is 10.4. The Labute approximate surface area is 185 Å². The van der Waals surface area contributed by atoms with Gasteiger partial charge in [0.05, 0.1) is 24.4 Å². The molecule has 3 aromatic carbocycles. The fourth-order valence-electron chi connectivity index (χ4n) is 3.49. The van der Waals surface area contributed by atoms with Crippen LogP contribution in [-0.4, -0.2) is 23.3 Å². The highest BCUT2D eigenvalue weighted by Gasteiger charge is 2.39. The van der Waals surface area contributed by atoms with Gasteiger partial charge >= 0.3 is 0 Å². The summed E-state index contributed by atoms with van der Waals surface area (Å²) in [4.78, 5) is 28.0. The summed E-state index contributed by atoms with van der Waals surface area (Å²) in [5.41, 5.74) is 2.53. The van der Waals surface area contributed by atoms with Crippen LogP contribution in [0.25, 0.3) is 5.57 Å². The highest BCUT2D eigenvalue weighted by atomic mass is 35.5. The molecule has 1 N–H and O–H groups in total. The number of nitrogens with one attached hydrogen (secondary N) is 1. The van der Waals surface area contributed by atoms with Crippen LogP contribution in [0.2, 0.25) is 5.02 Å². The van der Waals surface area contributed by atoms with Crippen molar-refractivity contribution >= 4 is 34.7 Å². The molecule has 5 nitrogen and oxygen atoms in total. The molecule has 2 amide bonds. The van der Waals surface area contributed by atoms with E-state index in [1.807, 2.05) is 73.7 Å². The van der Waals surface area contributed by atoms with Gasteiger partial charge in [-0.2, -0.15) is 0 Å². The van der Waals surface area contributed by atoms with E-state index in [9.17, 15) is 9.59 Å². The number of carbonyl (C=O) groups is 2. The average Bonchev–Trinajstić information content (AvgIpc) is 3.01. The molecule has 6 heteroatoms. The first kappa shape index (κ1) is 20.7. The van der Waals surface area contributed by atoms with Crippen molar-refractivity contribution < 1.29 is 14.3 Å². The fourth-order valence-corrected chi connectivity index (χ4v) is 3.69. The quantitative estimate of drug-likeness (QED) is 0.526. The number of carbonyl (C=O) groups excluding carboxylic acids is 2. The third-order valence-electron chi connectivity index (χ3n) is 4.96. The predicted octanol–water partition coefficient (Wildman–Crippen LogP) is 5.13. The van der Waals surface area contributed by atoms with Gasteiger partial charge in [0.15, 0.2) is 0 Å². The van der Waals surface area contributed by atoms with Gasteiger partial charge in [0.1, 0.15) is 11.4 Å². The number of para-hydroxylation sites is 2. The van der Waals surface area contributed by atoms with Crippen molar-refractivity contribution in [1.82, 2.24) is 4.90 Å². The normalized spacial score (nSPS) is 13.7. The molecule has 31 heavy (non-hydrogen) atoms. The third-order valence-corrected chi connectivity index (χ3v) is 5.33. The molecule has 0 saturated carbocycles. The predicted molar refractivity (Wildman–Crippen MR) is 122 cm³/mol. The van der Waals surface area contributed by atoms with Gasteiger partial charge in [0, 0.05) is 5.02 Å². The van der Waals surface area contributed by atoms with E-state index in [4.69, 9.17) is 16.3 Å². The highest BCUT2D eigenvalue weighted by molar-refractivity contribution is 6.36. The summed E-state index contributed by atoms with van der Waals surface area (Å²) in [6, 6.07) is 23.7. The number of hydrogen-bond acceptors (Lipinski definition) is 4. The summed E-state index contributed by atoms with van der Waals surface area (Å²) in [5.74, 6) is -0.169. The van der Waals surface area contributed by atoms with E-state index in [-0.39, 0.29) is 18.1 Å². The zero-order valence-corrected chi connectivity index (χ0v) is 17.7. The summed E-state index contributed by atoms with van der Waals surface area (Å²) in [5, 5.41) is 3.67. The summed E-state index contributed by atoms with van der Waals surface area (Å²) in [6.45, 7) is 2.46. The van der Waals surface area contributed by atoms with Gasteiger partial charge < -0.3 is 10.1 Å². The number of imide groups is 1. The van der Waals surface area contributed by atoms with Gasteiger partial charge in [-0.3, -0.25) is 14.5 Å². The van der Waals surface area contributed by atoms with E-state index < -0.39 is 5.91 Å². The van der Waals surface area contributed by atoms with E-state index in [2.05, 4.69) is 5.32 Å². The van der Waals surface area contributed by atoms with E-state index in [0.29, 0.717) is 39.8 Å². The van der Waals surface area contributed by atoms with Crippen LogP contribution in [0.5, 0.6) is 5.75 Å². The number of nitrogens with zero attached hydrogens (tertiary/aromatic N) is 1. The highest BCUT2D eigenvalue weighted by Crippen LogP contribution is 2.34. The maximum atomic E-state index is 13.4. The Balaban J connectivity index is 1.75. The topological polar surface area (TPSA) is 58.6 Å². The second-order valence-electron chi connectivity index (χ2n) is 6.96. The summed E-state index contributed by atoms with van der Waals surface area (Å²) >= 11 is 6.28. The van der Waals surface area contributed by atoms with Crippen molar-refractivity contribution in [3.63, 3.8) is 0 Å². The standard InChI is InChI=1S/C25H21ClN2O3/c1-2-31-21-15-9-8-14-20(21)27-23-22(17-10-4-3-5-11-17)24(29)28(25(23)30)16-18-12-6-7-13-19(18)26/h3-15,27H,2,16H2,1H3. The Morgan fingerprint density at radius 2 is 1.55 bits per heavy atom. The van der Waals surface area contributed by atoms with Crippen molar-refractivity contribution in [2.45, 2.75) is 13.5 Å². The number of amides is 2. The molecular formula is C25H21ClN2O3. The molecule has 0 saturated heterocycles. The second-order valence-corrected chi connectivity index (χ2v) is 7.37. The zero-order valence-electron chi connectivity index (χ0n) is 17.0. The number of anilines is 1. The molecule has 0 fully saturated rings. The largest absolute Gasteiger partial charge is 0.492 e. The van der Waals surface area contributed by atoms with Crippen LogP contribution in [0.15, 0.2) is 84.6 Å². The van der Waals surface area contributed by atoms with Crippen molar-refractivity contribution in [2.75, 3.05) is 11.9 Å². The zero-order chi connectivity index (χ0) is 21.8. The van der Waals surface area contributed by atoms with Crippen LogP contribution in [0.1, 0.15) is 18.1 Å². The maximum Gasteiger partial charge on any atom is 0.278 e. The first-order valence-electron chi connectivity index (χ1n) is 9.98. The van der Waals surface area contributed by atoms with E-state index in [1.54, 1.807) is 12.1 Å². The smallest absolute Gasteiger partial charge is 0.278 e.